The molecule has 0 saturated heterocycles. The fraction of sp³-hybridized carbons (Fsp3) is 0.636. The van der Waals surface area contributed by atoms with Crippen molar-refractivity contribution in [2.75, 3.05) is 26.4 Å². The lowest BCUT2D eigenvalue weighted by molar-refractivity contribution is -0.141. The lowest BCUT2D eigenvalue weighted by Gasteiger charge is -2.04. The first-order valence-corrected chi connectivity index (χ1v) is 5.35. The van der Waals surface area contributed by atoms with Crippen LogP contribution in [0.2, 0.25) is 0 Å². The van der Waals surface area contributed by atoms with Crippen LogP contribution in [-0.4, -0.2) is 48.6 Å². The summed E-state index contributed by atoms with van der Waals surface area (Å²) >= 11 is 0. The van der Waals surface area contributed by atoms with Crippen molar-refractivity contribution in [2.45, 2.75) is 19.8 Å². The van der Waals surface area contributed by atoms with Gasteiger partial charge in [0.05, 0.1) is 13.2 Å². The summed E-state index contributed by atoms with van der Waals surface area (Å²) in [5.41, 5.74) is 0.136. The molecule has 98 valence electrons. The van der Waals surface area contributed by atoms with E-state index in [4.69, 9.17) is 19.7 Å². The van der Waals surface area contributed by atoms with E-state index in [1.807, 2.05) is 0 Å². The molecule has 0 amide bonds. The number of carbonyl (C=O) groups is 2. The minimum Gasteiger partial charge on any atom is -0.462 e. The van der Waals surface area contributed by atoms with Gasteiger partial charge in [0.2, 0.25) is 0 Å². The first-order valence-electron chi connectivity index (χ1n) is 5.35. The van der Waals surface area contributed by atoms with Crippen molar-refractivity contribution < 1.29 is 29.3 Å². The zero-order valence-corrected chi connectivity index (χ0v) is 9.85. The Morgan fingerprint density at radius 1 is 1.06 bits per heavy atom. The fourth-order valence-corrected chi connectivity index (χ4v) is 0.858. The van der Waals surface area contributed by atoms with Crippen LogP contribution in [0.4, 0.5) is 0 Å². The van der Waals surface area contributed by atoms with Gasteiger partial charge in [-0.05, 0) is 6.92 Å². The molecule has 0 aromatic heterocycles. The van der Waals surface area contributed by atoms with E-state index in [0.717, 1.165) is 6.08 Å². The molecule has 0 aromatic carbocycles. The Morgan fingerprint density at radius 3 is 2.12 bits per heavy atom. The molecule has 0 unspecified atom stereocenters. The number of aliphatic hydroxyl groups is 2. The highest BCUT2D eigenvalue weighted by Gasteiger charge is 2.08. The van der Waals surface area contributed by atoms with Gasteiger partial charge >= 0.3 is 11.9 Å². The van der Waals surface area contributed by atoms with Crippen LogP contribution >= 0.6 is 0 Å². The predicted molar refractivity (Wildman–Crippen MR) is 59.1 cm³/mol. The molecule has 0 spiro atoms. The predicted octanol–water partition coefficient (Wildman–Crippen LogP) is -0.216. The van der Waals surface area contributed by atoms with Crippen molar-refractivity contribution in [1.29, 1.82) is 0 Å². The second-order valence-electron chi connectivity index (χ2n) is 3.29. The van der Waals surface area contributed by atoms with E-state index in [1.165, 1.54) is 6.92 Å². The Hall–Kier alpha value is -1.40. The highest BCUT2D eigenvalue weighted by molar-refractivity contribution is 5.95. The summed E-state index contributed by atoms with van der Waals surface area (Å²) in [5.74, 6) is -1.26. The molecule has 6 nitrogen and oxygen atoms in total. The van der Waals surface area contributed by atoms with E-state index in [2.05, 4.69) is 0 Å². The number of esters is 2. The van der Waals surface area contributed by atoms with E-state index < -0.39 is 11.9 Å². The van der Waals surface area contributed by atoms with Gasteiger partial charge in [-0.2, -0.15) is 0 Å². The highest BCUT2D eigenvalue weighted by Crippen LogP contribution is 1.99. The van der Waals surface area contributed by atoms with Gasteiger partial charge < -0.3 is 19.7 Å². The van der Waals surface area contributed by atoms with Crippen LogP contribution in [0.5, 0.6) is 0 Å². The molecular formula is C11H18O6. The first-order chi connectivity index (χ1) is 8.11. The average Bonchev–Trinajstić information content (AvgIpc) is 2.29. The molecule has 0 heterocycles. The van der Waals surface area contributed by atoms with Crippen molar-refractivity contribution in [2.24, 2.45) is 0 Å². The van der Waals surface area contributed by atoms with Crippen LogP contribution in [0.15, 0.2) is 11.6 Å². The third-order valence-corrected chi connectivity index (χ3v) is 1.74. The Kier molecular flexibility index (Phi) is 8.99. The Morgan fingerprint density at radius 2 is 1.59 bits per heavy atom. The monoisotopic (exact) mass is 246 g/mol. The lowest BCUT2D eigenvalue weighted by atomic mass is 10.3. The van der Waals surface area contributed by atoms with Crippen LogP contribution in [0.3, 0.4) is 0 Å². The minimum absolute atomic E-state index is 0.0563. The zero-order valence-electron chi connectivity index (χ0n) is 9.85. The first kappa shape index (κ1) is 15.6. The SMILES string of the molecule is CC(=CC(=O)OCCCO)C(=O)OCCCO. The van der Waals surface area contributed by atoms with Crippen molar-refractivity contribution in [3.8, 4) is 0 Å². The summed E-state index contributed by atoms with van der Waals surface area (Å²) in [7, 11) is 0. The summed E-state index contributed by atoms with van der Waals surface area (Å²) < 4.78 is 9.46. The van der Waals surface area contributed by atoms with E-state index in [-0.39, 0.29) is 32.0 Å². The molecular weight excluding hydrogens is 228 g/mol. The molecule has 0 aliphatic carbocycles. The number of aliphatic hydroxyl groups excluding tert-OH is 2. The fourth-order valence-electron chi connectivity index (χ4n) is 0.858. The number of ether oxygens (including phenoxy) is 2. The number of carbonyl (C=O) groups excluding carboxylic acids is 2. The topological polar surface area (TPSA) is 93.1 Å². The third kappa shape index (κ3) is 8.41. The molecule has 0 rings (SSSR count). The summed E-state index contributed by atoms with van der Waals surface area (Å²) in [6.45, 7) is 1.55. The van der Waals surface area contributed by atoms with Gasteiger partial charge in [0.1, 0.15) is 0 Å². The largest absolute Gasteiger partial charge is 0.462 e. The Balaban J connectivity index is 3.96. The van der Waals surface area contributed by atoms with E-state index in [0.29, 0.717) is 12.8 Å². The summed E-state index contributed by atoms with van der Waals surface area (Å²) in [5, 5.41) is 17.0. The summed E-state index contributed by atoms with van der Waals surface area (Å²) in [6, 6.07) is 0. The van der Waals surface area contributed by atoms with Gasteiger partial charge in [0.25, 0.3) is 0 Å². The van der Waals surface area contributed by atoms with Crippen molar-refractivity contribution >= 4 is 11.9 Å². The maximum Gasteiger partial charge on any atom is 0.333 e. The molecule has 0 aromatic rings. The standard InChI is InChI=1S/C11H18O6/c1-9(11(15)17-7-3-5-13)8-10(14)16-6-2-4-12/h8,12-13H,2-7H2,1H3. The van der Waals surface area contributed by atoms with Gasteiger partial charge in [0, 0.05) is 37.7 Å². The molecule has 6 heteroatoms. The van der Waals surface area contributed by atoms with Crippen LogP contribution in [0, 0.1) is 0 Å². The van der Waals surface area contributed by atoms with Gasteiger partial charge in [0.15, 0.2) is 0 Å². The molecule has 0 radical (unpaired) electrons. The summed E-state index contributed by atoms with van der Waals surface area (Å²) in [6.07, 6.45) is 1.76. The van der Waals surface area contributed by atoms with Crippen molar-refractivity contribution in [1.82, 2.24) is 0 Å². The molecule has 0 atom stereocenters. The van der Waals surface area contributed by atoms with Crippen molar-refractivity contribution in [3.63, 3.8) is 0 Å². The van der Waals surface area contributed by atoms with E-state index in [1.54, 1.807) is 0 Å². The molecule has 0 bridgehead atoms. The van der Waals surface area contributed by atoms with Crippen LogP contribution < -0.4 is 0 Å². The Labute approximate surface area is 99.8 Å². The Bertz CT molecular complexity index is 271. The molecule has 0 aliphatic heterocycles. The average molecular weight is 246 g/mol. The minimum atomic E-state index is -0.643. The lowest BCUT2D eigenvalue weighted by Crippen LogP contribution is -2.11. The zero-order chi connectivity index (χ0) is 13.1. The number of rotatable bonds is 8. The second-order valence-corrected chi connectivity index (χ2v) is 3.29. The van der Waals surface area contributed by atoms with Gasteiger partial charge in [-0.3, -0.25) is 0 Å². The van der Waals surface area contributed by atoms with Crippen LogP contribution in [0.1, 0.15) is 19.8 Å². The number of hydrogen-bond acceptors (Lipinski definition) is 6. The smallest absolute Gasteiger partial charge is 0.333 e. The van der Waals surface area contributed by atoms with E-state index >= 15 is 0 Å². The van der Waals surface area contributed by atoms with Gasteiger partial charge in [-0.1, -0.05) is 0 Å². The molecule has 0 saturated carbocycles. The van der Waals surface area contributed by atoms with Gasteiger partial charge in [-0.25, -0.2) is 9.59 Å². The van der Waals surface area contributed by atoms with E-state index in [9.17, 15) is 9.59 Å². The molecule has 0 fully saturated rings. The van der Waals surface area contributed by atoms with Crippen molar-refractivity contribution in [3.05, 3.63) is 11.6 Å². The molecule has 0 aliphatic rings. The third-order valence-electron chi connectivity index (χ3n) is 1.74. The quantitative estimate of drug-likeness (QED) is 0.349. The summed E-state index contributed by atoms with van der Waals surface area (Å²) in [4.78, 5) is 22.4. The highest BCUT2D eigenvalue weighted by atomic mass is 16.5. The second kappa shape index (κ2) is 9.80. The molecule has 17 heavy (non-hydrogen) atoms. The molecule has 2 N–H and O–H groups in total. The van der Waals surface area contributed by atoms with Gasteiger partial charge in [-0.15, -0.1) is 0 Å². The maximum absolute atomic E-state index is 11.3. The maximum atomic E-state index is 11.3. The van der Waals surface area contributed by atoms with Crippen LogP contribution in [-0.2, 0) is 19.1 Å². The van der Waals surface area contributed by atoms with Crippen LogP contribution in [0.25, 0.3) is 0 Å². The number of hydrogen-bond donors (Lipinski definition) is 2. The normalized spacial score (nSPS) is 11.1.